The largest absolute Gasteiger partial charge is 0.480 e. The molecule has 0 radical (unpaired) electrons. The van der Waals surface area contributed by atoms with Crippen LogP contribution in [0.5, 0.6) is 5.88 Å². The van der Waals surface area contributed by atoms with E-state index in [-0.39, 0.29) is 16.1 Å². The molecular formula is C27H37N7O4SSi. The molecule has 5 rings (SSSR count). The van der Waals surface area contributed by atoms with Crippen LogP contribution in [0.2, 0.25) is 19.6 Å². The molecule has 5 heterocycles. The number of rotatable bonds is 4. The first-order valence-corrected chi connectivity index (χ1v) is 18.8. The van der Waals surface area contributed by atoms with Gasteiger partial charge in [-0.25, -0.2) is 19.4 Å². The maximum Gasteiger partial charge on any atom is 0.281 e. The summed E-state index contributed by atoms with van der Waals surface area (Å²) in [4.78, 5) is 24.8. The van der Waals surface area contributed by atoms with Gasteiger partial charge in [0.1, 0.15) is 11.6 Å². The van der Waals surface area contributed by atoms with E-state index in [9.17, 15) is 13.2 Å². The fourth-order valence-corrected chi connectivity index (χ4v) is 6.72. The summed E-state index contributed by atoms with van der Waals surface area (Å²) in [6.07, 6.45) is 5.21. The minimum atomic E-state index is -4.22. The zero-order chi connectivity index (χ0) is 28.7. The lowest BCUT2D eigenvalue weighted by Gasteiger charge is -2.34. The molecule has 0 aromatic carbocycles. The van der Waals surface area contributed by atoms with E-state index >= 15 is 0 Å². The predicted octanol–water partition coefficient (Wildman–Crippen LogP) is 3.85. The molecule has 1 fully saturated rings. The Morgan fingerprint density at radius 2 is 1.93 bits per heavy atom. The molecule has 1 saturated heterocycles. The highest BCUT2D eigenvalue weighted by Crippen LogP contribution is 2.39. The fraction of sp³-hybridized carbons (Fsp3) is 0.481. The molecule has 1 atom stereocenters. The highest BCUT2D eigenvalue weighted by Gasteiger charge is 2.41. The van der Waals surface area contributed by atoms with E-state index in [1.54, 1.807) is 41.2 Å². The van der Waals surface area contributed by atoms with Crippen molar-refractivity contribution in [2.45, 2.75) is 63.3 Å². The van der Waals surface area contributed by atoms with E-state index in [1.807, 2.05) is 0 Å². The van der Waals surface area contributed by atoms with Crippen LogP contribution >= 0.6 is 0 Å². The minimum absolute atomic E-state index is 0.174. The third-order valence-electron chi connectivity index (χ3n) is 7.09. The molecule has 214 valence electrons. The lowest BCUT2D eigenvalue weighted by Crippen LogP contribution is -2.41. The SMILES string of the molecule is CC1(C)C[C@@H]2CCCNc3cccc(n3)S(=O)(=O)NC(=O)c3ccc(-n4ccc(OC[Si](C)(C)C)n4)nc3N1C2. The molecule has 1 amide bonds. The van der Waals surface area contributed by atoms with E-state index in [0.29, 0.717) is 48.6 Å². The smallest absolute Gasteiger partial charge is 0.281 e. The molecule has 2 aliphatic heterocycles. The molecule has 0 saturated carbocycles. The van der Waals surface area contributed by atoms with Gasteiger partial charge in [0.2, 0.25) is 5.88 Å². The van der Waals surface area contributed by atoms with E-state index < -0.39 is 24.0 Å². The van der Waals surface area contributed by atoms with Gasteiger partial charge in [-0.05, 0) is 63.3 Å². The van der Waals surface area contributed by atoms with Crippen LogP contribution in [0, 0.1) is 5.92 Å². The number of amides is 1. The Balaban J connectivity index is 1.55. The van der Waals surface area contributed by atoms with Crippen LogP contribution in [0.25, 0.3) is 5.82 Å². The number of anilines is 2. The van der Waals surface area contributed by atoms with Crippen molar-refractivity contribution in [2.24, 2.45) is 5.92 Å². The zero-order valence-electron chi connectivity index (χ0n) is 23.6. The molecule has 0 spiro atoms. The Morgan fingerprint density at radius 1 is 1.12 bits per heavy atom. The van der Waals surface area contributed by atoms with E-state index in [4.69, 9.17) is 9.72 Å². The second-order valence-corrected chi connectivity index (χ2v) is 19.4. The van der Waals surface area contributed by atoms with E-state index in [2.05, 4.69) is 58.5 Å². The van der Waals surface area contributed by atoms with Crippen LogP contribution < -0.4 is 19.7 Å². The number of hydrogen-bond donors (Lipinski definition) is 2. The molecule has 3 aromatic rings. The third kappa shape index (κ3) is 6.14. The number of nitrogens with one attached hydrogen (secondary N) is 2. The molecule has 2 N–H and O–H groups in total. The number of sulfonamides is 1. The molecule has 2 aliphatic rings. The number of ether oxygens (including phenoxy) is 1. The van der Waals surface area contributed by atoms with Crippen LogP contribution in [0.4, 0.5) is 11.6 Å². The van der Waals surface area contributed by atoms with Gasteiger partial charge in [0.25, 0.3) is 15.9 Å². The second kappa shape index (κ2) is 10.5. The van der Waals surface area contributed by atoms with Crippen molar-refractivity contribution in [3.8, 4) is 11.7 Å². The first kappa shape index (κ1) is 28.1. The number of fused-ring (bicyclic) bond motifs is 6. The molecule has 0 aliphatic carbocycles. The fourth-order valence-electron chi connectivity index (χ4n) is 5.20. The highest BCUT2D eigenvalue weighted by molar-refractivity contribution is 7.90. The molecule has 0 unspecified atom stereocenters. The summed E-state index contributed by atoms with van der Waals surface area (Å²) < 4.78 is 36.0. The first-order valence-electron chi connectivity index (χ1n) is 13.6. The molecule has 13 heteroatoms. The maximum atomic E-state index is 13.5. The Bertz CT molecular complexity index is 1520. The topological polar surface area (TPSA) is 131 Å². The summed E-state index contributed by atoms with van der Waals surface area (Å²) in [5.41, 5.74) is -0.122. The Morgan fingerprint density at radius 3 is 2.70 bits per heavy atom. The standard InChI is InChI=1S/C27H37N7O4SSi/c1-27(2)16-19-8-7-14-28-21-9-6-10-24(29-21)39(36,37)32-26(35)20-11-12-22(30-25(20)33(27)17-19)34-15-13-23(31-34)38-18-40(3,4)5/h6,9-13,15,19H,7-8,14,16-18H2,1-5H3,(H,28,29)(H,32,35)/t19-/m0/s1. The van der Waals surface area contributed by atoms with Gasteiger partial charge in [-0.3, -0.25) is 4.79 Å². The lowest BCUT2D eigenvalue weighted by molar-refractivity contribution is 0.0981. The normalized spacial score (nSPS) is 20.5. The Hall–Kier alpha value is -3.45. The quantitative estimate of drug-likeness (QED) is 0.440. The summed E-state index contributed by atoms with van der Waals surface area (Å²) in [7, 11) is -5.65. The summed E-state index contributed by atoms with van der Waals surface area (Å²) in [6.45, 7) is 12.3. The van der Waals surface area contributed by atoms with Crippen molar-refractivity contribution in [3.63, 3.8) is 0 Å². The molecule has 4 bridgehead atoms. The molecule has 40 heavy (non-hydrogen) atoms. The third-order valence-corrected chi connectivity index (χ3v) is 9.34. The monoisotopic (exact) mass is 583 g/mol. The van der Waals surface area contributed by atoms with Crippen molar-refractivity contribution < 1.29 is 17.9 Å². The number of nitrogens with zero attached hydrogens (tertiary/aromatic N) is 5. The van der Waals surface area contributed by atoms with Crippen LogP contribution in [0.1, 0.15) is 43.5 Å². The average Bonchev–Trinajstić information content (AvgIpc) is 3.48. The summed E-state index contributed by atoms with van der Waals surface area (Å²) >= 11 is 0. The van der Waals surface area contributed by atoms with Gasteiger partial charge in [-0.15, -0.1) is 5.10 Å². The summed E-state index contributed by atoms with van der Waals surface area (Å²) in [6, 6.07) is 9.76. The van der Waals surface area contributed by atoms with Crippen LogP contribution in [0.3, 0.4) is 0 Å². The van der Waals surface area contributed by atoms with Gasteiger partial charge in [-0.2, -0.15) is 8.42 Å². The zero-order valence-corrected chi connectivity index (χ0v) is 25.5. The number of hydrogen-bond acceptors (Lipinski definition) is 9. The van der Waals surface area contributed by atoms with E-state index in [0.717, 1.165) is 19.3 Å². The maximum absolute atomic E-state index is 13.5. The van der Waals surface area contributed by atoms with Gasteiger partial charge in [-0.1, -0.05) is 25.7 Å². The Kier molecular flexibility index (Phi) is 7.38. The van der Waals surface area contributed by atoms with Crippen molar-refractivity contribution in [1.82, 2.24) is 24.5 Å². The van der Waals surface area contributed by atoms with Gasteiger partial charge < -0.3 is 15.0 Å². The van der Waals surface area contributed by atoms with Gasteiger partial charge in [0.05, 0.1) is 19.9 Å². The van der Waals surface area contributed by atoms with Crippen LogP contribution in [-0.2, 0) is 10.0 Å². The van der Waals surface area contributed by atoms with Gasteiger partial charge in [0, 0.05) is 30.9 Å². The van der Waals surface area contributed by atoms with E-state index in [1.165, 1.54) is 6.07 Å². The Labute approximate surface area is 236 Å². The van der Waals surface area contributed by atoms with Crippen molar-refractivity contribution in [1.29, 1.82) is 0 Å². The molecule has 3 aromatic heterocycles. The van der Waals surface area contributed by atoms with Gasteiger partial charge in [0.15, 0.2) is 10.8 Å². The van der Waals surface area contributed by atoms with Crippen molar-refractivity contribution >= 4 is 35.6 Å². The predicted molar refractivity (Wildman–Crippen MR) is 156 cm³/mol. The first-order chi connectivity index (χ1) is 18.8. The number of pyridine rings is 2. The lowest BCUT2D eigenvalue weighted by atomic mass is 9.93. The van der Waals surface area contributed by atoms with Crippen LogP contribution in [-0.4, -0.2) is 67.0 Å². The minimum Gasteiger partial charge on any atom is -0.480 e. The van der Waals surface area contributed by atoms with Crippen molar-refractivity contribution in [2.75, 3.05) is 29.5 Å². The molecule has 11 nitrogen and oxygen atoms in total. The number of carbonyl (C=O) groups excluding carboxylic acids is 1. The van der Waals surface area contributed by atoms with Crippen LogP contribution in [0.15, 0.2) is 47.6 Å². The number of aromatic nitrogens is 4. The second-order valence-electron chi connectivity index (χ2n) is 12.3. The van der Waals surface area contributed by atoms with Crippen molar-refractivity contribution in [3.05, 3.63) is 48.2 Å². The highest BCUT2D eigenvalue weighted by atomic mass is 32.2. The average molecular weight is 584 g/mol. The summed E-state index contributed by atoms with van der Waals surface area (Å²) in [5.74, 6) is 1.52. The summed E-state index contributed by atoms with van der Waals surface area (Å²) in [5, 5.41) is 7.53. The van der Waals surface area contributed by atoms with Gasteiger partial charge >= 0.3 is 0 Å². The number of carbonyl (C=O) groups is 1. The molecular weight excluding hydrogens is 546 g/mol.